The van der Waals surface area contributed by atoms with E-state index in [1.54, 1.807) is 18.3 Å². The van der Waals surface area contributed by atoms with Gasteiger partial charge in [0.1, 0.15) is 5.82 Å². The molecule has 0 radical (unpaired) electrons. The normalized spacial score (nSPS) is 10.7. The molecule has 17 heavy (non-hydrogen) atoms. The predicted octanol–water partition coefficient (Wildman–Crippen LogP) is 2.38. The highest BCUT2D eigenvalue weighted by Gasteiger charge is 2.11. The van der Waals surface area contributed by atoms with Crippen LogP contribution in [0.2, 0.25) is 0 Å². The number of fused-ring (bicyclic) bond motifs is 1. The van der Waals surface area contributed by atoms with E-state index in [1.807, 2.05) is 6.92 Å². The molecule has 1 aromatic carbocycles. The molecule has 4 heteroatoms. The van der Waals surface area contributed by atoms with Gasteiger partial charge >= 0.3 is 0 Å². The molecule has 2 N–H and O–H groups in total. The lowest BCUT2D eigenvalue weighted by Gasteiger charge is -2.02. The quantitative estimate of drug-likeness (QED) is 0.838. The Bertz CT molecular complexity index is 533. The third-order valence-corrected chi connectivity index (χ3v) is 2.66. The number of nitrogens with one attached hydrogen (secondary N) is 2. The summed E-state index contributed by atoms with van der Waals surface area (Å²) >= 11 is 0. The first-order valence-electron chi connectivity index (χ1n) is 5.73. The molecule has 0 bridgehead atoms. The van der Waals surface area contributed by atoms with Crippen molar-refractivity contribution in [2.24, 2.45) is 0 Å². The van der Waals surface area contributed by atoms with E-state index in [4.69, 9.17) is 0 Å². The van der Waals surface area contributed by atoms with Gasteiger partial charge < -0.3 is 10.3 Å². The first kappa shape index (κ1) is 11.6. The molecule has 0 unspecified atom stereocenters. The van der Waals surface area contributed by atoms with Gasteiger partial charge in [-0.2, -0.15) is 0 Å². The molecule has 0 spiro atoms. The Labute approximate surface area is 99.0 Å². The van der Waals surface area contributed by atoms with E-state index in [9.17, 15) is 9.18 Å². The summed E-state index contributed by atoms with van der Waals surface area (Å²) in [5.74, 6) is -0.363. The summed E-state index contributed by atoms with van der Waals surface area (Å²) in [4.78, 5) is 14.5. The molecule has 0 aliphatic heterocycles. The summed E-state index contributed by atoms with van der Waals surface area (Å²) in [6.45, 7) is 2.65. The summed E-state index contributed by atoms with van der Waals surface area (Å²) in [5.41, 5.74) is 1.43. The molecule has 2 rings (SSSR count). The van der Waals surface area contributed by atoms with Crippen LogP contribution < -0.4 is 5.32 Å². The second kappa shape index (κ2) is 4.99. The zero-order valence-corrected chi connectivity index (χ0v) is 9.72. The molecule has 3 nitrogen and oxygen atoms in total. The van der Waals surface area contributed by atoms with Crippen molar-refractivity contribution in [3.05, 3.63) is 35.8 Å². The number of rotatable bonds is 4. The summed E-state index contributed by atoms with van der Waals surface area (Å²) in [5, 5.41) is 3.29. The number of aromatic nitrogens is 1. The van der Waals surface area contributed by atoms with E-state index in [0.29, 0.717) is 17.5 Å². The first-order valence-corrected chi connectivity index (χ1v) is 5.73. The zero-order valence-electron chi connectivity index (χ0n) is 9.72. The lowest BCUT2D eigenvalue weighted by molar-refractivity contribution is -0.120. The fraction of sp³-hybridized carbons (Fsp3) is 0.308. The third-order valence-electron chi connectivity index (χ3n) is 2.66. The molecule has 0 saturated heterocycles. The summed E-state index contributed by atoms with van der Waals surface area (Å²) in [6.07, 6.45) is 2.80. The maximum Gasteiger partial charge on any atom is 0.224 e. The zero-order chi connectivity index (χ0) is 12.3. The Morgan fingerprint density at radius 2 is 2.29 bits per heavy atom. The monoisotopic (exact) mass is 234 g/mol. The average Bonchev–Trinajstić information content (AvgIpc) is 2.71. The summed E-state index contributed by atoms with van der Waals surface area (Å²) in [6, 6.07) is 4.85. The van der Waals surface area contributed by atoms with E-state index >= 15 is 0 Å². The van der Waals surface area contributed by atoms with Crippen molar-refractivity contribution in [2.75, 3.05) is 6.54 Å². The maximum atomic E-state index is 13.6. The molecule has 0 atom stereocenters. The molecule has 0 saturated carbocycles. The second-order valence-electron chi connectivity index (χ2n) is 4.00. The lowest BCUT2D eigenvalue weighted by Crippen LogP contribution is -2.25. The van der Waals surface area contributed by atoms with Gasteiger partial charge in [-0.25, -0.2) is 4.39 Å². The van der Waals surface area contributed by atoms with E-state index in [1.165, 1.54) is 6.07 Å². The SMILES string of the molecule is CCCNC(=O)Cc1c[nH]c2cccc(F)c12. The Morgan fingerprint density at radius 1 is 1.47 bits per heavy atom. The number of carbonyl (C=O) groups excluding carboxylic acids is 1. The molecule has 0 fully saturated rings. The fourth-order valence-electron chi connectivity index (χ4n) is 1.85. The van der Waals surface area contributed by atoms with Crippen LogP contribution in [0.25, 0.3) is 10.9 Å². The van der Waals surface area contributed by atoms with Crippen LogP contribution >= 0.6 is 0 Å². The smallest absolute Gasteiger partial charge is 0.224 e. The molecule has 1 aromatic heterocycles. The van der Waals surface area contributed by atoms with Gasteiger partial charge in [-0.05, 0) is 24.1 Å². The van der Waals surface area contributed by atoms with Crippen molar-refractivity contribution in [1.82, 2.24) is 10.3 Å². The first-order chi connectivity index (χ1) is 8.22. The Morgan fingerprint density at radius 3 is 3.06 bits per heavy atom. The van der Waals surface area contributed by atoms with Gasteiger partial charge in [0.15, 0.2) is 0 Å². The standard InChI is InChI=1S/C13H15FN2O/c1-2-6-15-12(17)7-9-8-16-11-5-3-4-10(14)13(9)11/h3-5,8,16H,2,6-7H2,1H3,(H,15,17). The summed E-state index contributed by atoms with van der Waals surface area (Å²) < 4.78 is 13.6. The maximum absolute atomic E-state index is 13.6. The highest BCUT2D eigenvalue weighted by molar-refractivity contribution is 5.89. The van der Waals surface area contributed by atoms with E-state index in [2.05, 4.69) is 10.3 Å². The minimum absolute atomic E-state index is 0.0731. The van der Waals surface area contributed by atoms with E-state index < -0.39 is 0 Å². The van der Waals surface area contributed by atoms with Crippen LogP contribution in [0.5, 0.6) is 0 Å². The number of amides is 1. The number of aromatic amines is 1. The van der Waals surface area contributed by atoms with Gasteiger partial charge in [-0.1, -0.05) is 13.0 Å². The molecule has 0 aliphatic carbocycles. The van der Waals surface area contributed by atoms with Crippen LogP contribution in [-0.4, -0.2) is 17.4 Å². The van der Waals surface area contributed by atoms with Crippen LogP contribution in [0.4, 0.5) is 4.39 Å². The van der Waals surface area contributed by atoms with Crippen LogP contribution in [0, 0.1) is 5.82 Å². The van der Waals surface area contributed by atoms with Gasteiger partial charge in [0.2, 0.25) is 5.91 Å². The van der Waals surface area contributed by atoms with Crippen molar-refractivity contribution in [3.63, 3.8) is 0 Å². The van der Waals surface area contributed by atoms with Crippen LogP contribution in [0.15, 0.2) is 24.4 Å². The molecule has 90 valence electrons. The van der Waals surface area contributed by atoms with Gasteiger partial charge in [0.25, 0.3) is 0 Å². The number of halogens is 1. The van der Waals surface area contributed by atoms with E-state index in [0.717, 1.165) is 11.9 Å². The Hall–Kier alpha value is -1.84. The number of hydrogen-bond donors (Lipinski definition) is 2. The van der Waals surface area contributed by atoms with Gasteiger partial charge in [0.05, 0.1) is 6.42 Å². The minimum Gasteiger partial charge on any atom is -0.361 e. The van der Waals surface area contributed by atoms with Gasteiger partial charge in [-0.15, -0.1) is 0 Å². The largest absolute Gasteiger partial charge is 0.361 e. The van der Waals surface area contributed by atoms with Crippen molar-refractivity contribution < 1.29 is 9.18 Å². The number of H-pyrrole nitrogens is 1. The Balaban J connectivity index is 2.22. The van der Waals surface area contributed by atoms with Crippen LogP contribution in [0.3, 0.4) is 0 Å². The third kappa shape index (κ3) is 2.46. The molecular weight excluding hydrogens is 219 g/mol. The topological polar surface area (TPSA) is 44.9 Å². The summed E-state index contributed by atoms with van der Waals surface area (Å²) in [7, 11) is 0. The number of carbonyl (C=O) groups is 1. The van der Waals surface area contributed by atoms with E-state index in [-0.39, 0.29) is 18.1 Å². The second-order valence-corrected chi connectivity index (χ2v) is 4.00. The van der Waals surface area contributed by atoms with Crippen LogP contribution in [0.1, 0.15) is 18.9 Å². The average molecular weight is 234 g/mol. The number of benzene rings is 1. The highest BCUT2D eigenvalue weighted by Crippen LogP contribution is 2.21. The van der Waals surface area contributed by atoms with Gasteiger partial charge in [-0.3, -0.25) is 4.79 Å². The van der Waals surface area contributed by atoms with Crippen molar-refractivity contribution in [3.8, 4) is 0 Å². The molecule has 1 amide bonds. The molecule has 2 aromatic rings. The van der Waals surface area contributed by atoms with Crippen molar-refractivity contribution >= 4 is 16.8 Å². The molecule has 1 heterocycles. The van der Waals surface area contributed by atoms with Crippen LogP contribution in [-0.2, 0) is 11.2 Å². The molecular formula is C13H15FN2O. The predicted molar refractivity (Wildman–Crippen MR) is 65.3 cm³/mol. The van der Waals surface area contributed by atoms with Crippen molar-refractivity contribution in [2.45, 2.75) is 19.8 Å². The Kier molecular flexibility index (Phi) is 3.42. The fourth-order valence-corrected chi connectivity index (χ4v) is 1.85. The minimum atomic E-state index is -0.290. The lowest BCUT2D eigenvalue weighted by atomic mass is 10.1. The highest BCUT2D eigenvalue weighted by atomic mass is 19.1. The number of hydrogen-bond acceptors (Lipinski definition) is 1. The van der Waals surface area contributed by atoms with Crippen molar-refractivity contribution in [1.29, 1.82) is 0 Å². The molecule has 0 aliphatic rings. The van der Waals surface area contributed by atoms with Gasteiger partial charge in [0, 0.05) is 23.6 Å².